The van der Waals surface area contributed by atoms with E-state index >= 15 is 0 Å². The lowest BCUT2D eigenvalue weighted by molar-refractivity contribution is -0.139. The highest BCUT2D eigenvalue weighted by molar-refractivity contribution is 7.80. The molecule has 0 saturated carbocycles. The van der Waals surface area contributed by atoms with Crippen LogP contribution in [0.5, 0.6) is 0 Å². The Balaban J connectivity index is 1.98. The largest absolute Gasteiger partial charge is 0.468 e. The molecule has 0 aromatic carbocycles. The predicted molar refractivity (Wildman–Crippen MR) is 136 cm³/mol. The molecule has 0 radical (unpaired) electrons. The number of rotatable bonds is 14. The quantitative estimate of drug-likeness (QED) is 0.271. The van der Waals surface area contributed by atoms with Gasteiger partial charge in [0.15, 0.2) is 0 Å². The van der Waals surface area contributed by atoms with Gasteiger partial charge in [-0.1, -0.05) is 32.6 Å². The van der Waals surface area contributed by atoms with E-state index in [1.54, 1.807) is 4.98 Å². The molecule has 2 rings (SSSR count). The summed E-state index contributed by atoms with van der Waals surface area (Å²) in [7, 11) is 0. The number of aromatic nitrogens is 2. The second-order valence-corrected chi connectivity index (χ2v) is 9.07. The first-order chi connectivity index (χ1) is 17.6. The number of unbranched alkanes of at least 4 members (excludes halogenated alkanes) is 2. The molecule has 1 aliphatic heterocycles. The van der Waals surface area contributed by atoms with E-state index < -0.39 is 41.4 Å². The molecule has 208 valence electrons. The molecule has 0 amide bonds. The first-order valence-electron chi connectivity index (χ1n) is 12.4. The van der Waals surface area contributed by atoms with Crippen molar-refractivity contribution in [2.75, 3.05) is 39.4 Å². The molecule has 1 saturated heterocycles. The zero-order valence-corrected chi connectivity index (χ0v) is 22.0. The maximum Gasteiger partial charge on any atom is 0.423 e. The Morgan fingerprint density at radius 2 is 1.97 bits per heavy atom. The van der Waals surface area contributed by atoms with Crippen molar-refractivity contribution in [3.8, 4) is 12.3 Å². The van der Waals surface area contributed by atoms with Gasteiger partial charge in [-0.15, -0.1) is 6.42 Å². The van der Waals surface area contributed by atoms with Crippen LogP contribution in [0.15, 0.2) is 15.8 Å². The van der Waals surface area contributed by atoms with Crippen LogP contribution >= 0.6 is 12.2 Å². The second kappa shape index (κ2) is 15.1. The van der Waals surface area contributed by atoms with Crippen molar-refractivity contribution in [3.05, 3.63) is 32.6 Å². The van der Waals surface area contributed by atoms with Crippen LogP contribution in [0.3, 0.4) is 0 Å². The van der Waals surface area contributed by atoms with E-state index in [0.29, 0.717) is 17.3 Å². The van der Waals surface area contributed by atoms with Crippen molar-refractivity contribution in [3.63, 3.8) is 0 Å². The van der Waals surface area contributed by atoms with E-state index in [-0.39, 0.29) is 24.8 Å². The summed E-state index contributed by atoms with van der Waals surface area (Å²) in [5, 5.41) is 3.20. The number of H-pyrrole nitrogens is 1. The number of nitrogens with one attached hydrogen (secondary N) is 2. The highest BCUT2D eigenvalue weighted by Gasteiger charge is 2.40. The molecule has 2 heterocycles. The van der Waals surface area contributed by atoms with Crippen molar-refractivity contribution in [2.45, 2.75) is 70.6 Å². The van der Waals surface area contributed by atoms with E-state index in [1.165, 1.54) is 0 Å². The molecular formula is C24H35F3N4O5S. The molecular weight excluding hydrogens is 513 g/mol. The molecule has 1 aromatic rings. The maximum absolute atomic E-state index is 13.2. The number of hydrogen-bond acceptors (Lipinski definition) is 7. The Hall–Kier alpha value is -2.40. The molecule has 13 heteroatoms. The molecule has 37 heavy (non-hydrogen) atoms. The fourth-order valence-electron chi connectivity index (χ4n) is 3.88. The average Bonchev–Trinajstić information content (AvgIpc) is 3.24. The van der Waals surface area contributed by atoms with Crippen molar-refractivity contribution < 1.29 is 27.4 Å². The Kier molecular flexibility index (Phi) is 12.6. The number of alkyl halides is 3. The lowest BCUT2D eigenvalue weighted by atomic mass is 10.2. The number of halogens is 3. The first kappa shape index (κ1) is 30.8. The van der Waals surface area contributed by atoms with Gasteiger partial charge in [0.1, 0.15) is 31.1 Å². The molecule has 1 aromatic heterocycles. The third-order valence-corrected chi connectivity index (χ3v) is 6.14. The summed E-state index contributed by atoms with van der Waals surface area (Å²) in [5.74, 6) is 2.32. The van der Waals surface area contributed by atoms with Crippen LogP contribution in [-0.4, -0.2) is 71.2 Å². The van der Waals surface area contributed by atoms with Crippen LogP contribution in [0.25, 0.3) is 0 Å². The molecule has 9 nitrogen and oxygen atoms in total. The fourth-order valence-corrected chi connectivity index (χ4v) is 4.05. The maximum atomic E-state index is 13.2. The minimum atomic E-state index is -4.94. The van der Waals surface area contributed by atoms with E-state index in [0.717, 1.165) is 45.3 Å². The number of aromatic amines is 1. The summed E-state index contributed by atoms with van der Waals surface area (Å²) in [6.45, 7) is 7.57. The minimum Gasteiger partial charge on any atom is -0.468 e. The number of hydrogen-bond donors (Lipinski definition) is 2. The molecule has 1 fully saturated rings. The monoisotopic (exact) mass is 548 g/mol. The molecule has 0 spiro atoms. The van der Waals surface area contributed by atoms with Gasteiger partial charge in [-0.2, -0.15) is 13.2 Å². The minimum absolute atomic E-state index is 0.0168. The molecule has 3 atom stereocenters. The van der Waals surface area contributed by atoms with Gasteiger partial charge < -0.3 is 24.4 Å². The topological polar surface area (TPSA) is 97.8 Å². The van der Waals surface area contributed by atoms with E-state index in [1.807, 2.05) is 0 Å². The predicted octanol–water partition coefficient (Wildman–Crippen LogP) is 2.65. The second-order valence-electron chi connectivity index (χ2n) is 8.70. The summed E-state index contributed by atoms with van der Waals surface area (Å²) < 4.78 is 57.2. The fraction of sp³-hybridized carbons (Fsp3) is 0.708. The summed E-state index contributed by atoms with van der Waals surface area (Å²) in [5.41, 5.74) is -4.06. The normalized spacial score (nSPS) is 19.6. The van der Waals surface area contributed by atoms with Gasteiger partial charge in [-0.25, -0.2) is 4.79 Å². The number of terminal acetylenes is 1. The van der Waals surface area contributed by atoms with E-state index in [4.69, 9.17) is 32.9 Å². The highest BCUT2D eigenvalue weighted by atomic mass is 32.1. The smallest absolute Gasteiger partial charge is 0.423 e. The zero-order chi connectivity index (χ0) is 27.4. The number of thiocarbonyl (C=S) groups is 1. The van der Waals surface area contributed by atoms with Gasteiger partial charge >= 0.3 is 11.9 Å². The lowest BCUT2D eigenvalue weighted by Crippen LogP contribution is -2.38. The van der Waals surface area contributed by atoms with Gasteiger partial charge in [0.2, 0.25) is 0 Å². The highest BCUT2D eigenvalue weighted by Crippen LogP contribution is 2.32. The van der Waals surface area contributed by atoms with Crippen LogP contribution in [0, 0.1) is 12.3 Å². The Labute approximate surface area is 219 Å². The van der Waals surface area contributed by atoms with Crippen LogP contribution < -0.4 is 16.6 Å². The third kappa shape index (κ3) is 9.77. The van der Waals surface area contributed by atoms with Gasteiger partial charge in [0, 0.05) is 25.7 Å². The number of ether oxygens (including phenoxy) is 3. The van der Waals surface area contributed by atoms with Crippen molar-refractivity contribution >= 4 is 17.4 Å². The summed E-state index contributed by atoms with van der Waals surface area (Å²) in [6.07, 6.45) is 2.69. The molecule has 0 bridgehead atoms. The van der Waals surface area contributed by atoms with Gasteiger partial charge in [-0.05, 0) is 38.1 Å². The van der Waals surface area contributed by atoms with Crippen LogP contribution in [0.2, 0.25) is 0 Å². The van der Waals surface area contributed by atoms with Gasteiger partial charge in [0.25, 0.3) is 10.7 Å². The molecule has 2 N–H and O–H groups in total. The SMILES string of the molecule is C#CCO[C@H]1C[C@H](n2cc(C(F)(F)F)c(=O)[nH]c2=O)O[C@@H]1COC(=S)NCCN(CCCC)CCCC. The van der Waals surface area contributed by atoms with E-state index in [2.05, 4.69) is 30.0 Å². The average molecular weight is 549 g/mol. The third-order valence-electron chi connectivity index (χ3n) is 5.88. The van der Waals surface area contributed by atoms with Crippen LogP contribution in [-0.2, 0) is 20.4 Å². The van der Waals surface area contributed by atoms with E-state index in [9.17, 15) is 22.8 Å². The van der Waals surface area contributed by atoms with Crippen molar-refractivity contribution in [1.82, 2.24) is 19.8 Å². The summed E-state index contributed by atoms with van der Waals surface area (Å²) in [6, 6.07) is 0. The van der Waals surface area contributed by atoms with Gasteiger partial charge in [0.05, 0.1) is 6.10 Å². The molecule has 1 aliphatic rings. The molecule has 0 aliphatic carbocycles. The summed E-state index contributed by atoms with van der Waals surface area (Å²) in [4.78, 5) is 27.9. The van der Waals surface area contributed by atoms with Crippen molar-refractivity contribution in [2.24, 2.45) is 0 Å². The van der Waals surface area contributed by atoms with Crippen LogP contribution in [0.4, 0.5) is 13.2 Å². The Morgan fingerprint density at radius 1 is 1.30 bits per heavy atom. The van der Waals surface area contributed by atoms with Crippen molar-refractivity contribution in [1.29, 1.82) is 0 Å². The number of nitrogens with zero attached hydrogens (tertiary/aromatic N) is 2. The van der Waals surface area contributed by atoms with Gasteiger partial charge in [-0.3, -0.25) is 14.3 Å². The Bertz CT molecular complexity index is 1020. The van der Waals surface area contributed by atoms with Crippen LogP contribution in [0.1, 0.15) is 57.7 Å². The summed E-state index contributed by atoms with van der Waals surface area (Å²) >= 11 is 5.26. The molecule has 0 unspecified atom stereocenters. The first-order valence-corrected chi connectivity index (χ1v) is 12.8. The Morgan fingerprint density at radius 3 is 2.57 bits per heavy atom. The lowest BCUT2D eigenvalue weighted by Gasteiger charge is -2.23. The standard InChI is InChI=1S/C24H35F3N4O5S/c1-4-7-10-30(11-8-5-2)12-9-28-23(37)35-16-19-18(34-13-6-3)14-20(36-19)31-15-17(24(25,26)27)21(32)29-22(31)33/h3,15,18-20H,4-5,7-14,16H2,1-2H3,(H,28,37)(H,29,32,33)/t18-,19+,20+/m0/s1. The zero-order valence-electron chi connectivity index (χ0n) is 21.1.